The largest absolute Gasteiger partial charge is 0.397 e. The predicted octanol–water partition coefficient (Wildman–Crippen LogP) is 7.51. The highest BCUT2D eigenvalue weighted by molar-refractivity contribution is 14.1. The summed E-state index contributed by atoms with van der Waals surface area (Å²) in [5.74, 6) is -2.02. The molecule has 134 valence electrons. The molecule has 0 aromatic heterocycles. The van der Waals surface area contributed by atoms with Crippen molar-refractivity contribution in [1.29, 1.82) is 0 Å². The van der Waals surface area contributed by atoms with E-state index >= 15 is 0 Å². The number of benzene rings is 1. The fourth-order valence-corrected chi connectivity index (χ4v) is 9.05. The molecule has 3 heteroatoms. The zero-order chi connectivity index (χ0) is 18.2. The van der Waals surface area contributed by atoms with E-state index in [9.17, 15) is 0 Å². The van der Waals surface area contributed by atoms with Crippen LogP contribution in [0.2, 0.25) is 10.1 Å². The standard InChI is InChI=1S/C21H33IOSi/c1-19(2,3)24(22,20(4,5)6)23-21(7)15-11-14-18(21)16-17-12-9-8-10-13-17/h8-10,12-13,16H,11,14-15H2,1-7H3/b18-16+. The van der Waals surface area contributed by atoms with Gasteiger partial charge in [-0.15, -0.1) is 0 Å². The molecule has 1 fully saturated rings. The number of hydrogen-bond acceptors (Lipinski definition) is 1. The van der Waals surface area contributed by atoms with Gasteiger partial charge in [-0.25, -0.2) is 0 Å². The predicted molar refractivity (Wildman–Crippen MR) is 117 cm³/mol. The molecule has 0 bridgehead atoms. The van der Waals surface area contributed by atoms with Crippen molar-refractivity contribution in [3.8, 4) is 0 Å². The molecule has 1 aliphatic rings. The van der Waals surface area contributed by atoms with Crippen molar-refractivity contribution >= 4 is 33.7 Å². The van der Waals surface area contributed by atoms with Crippen LogP contribution in [-0.2, 0) is 4.43 Å². The summed E-state index contributed by atoms with van der Waals surface area (Å²) in [5.41, 5.74) is 2.64. The Morgan fingerprint density at radius 2 is 1.58 bits per heavy atom. The maximum absolute atomic E-state index is 7.16. The highest BCUT2D eigenvalue weighted by Crippen LogP contribution is 2.58. The smallest absolute Gasteiger partial charge is 0.270 e. The van der Waals surface area contributed by atoms with Crippen LogP contribution in [0.5, 0.6) is 0 Å². The maximum atomic E-state index is 7.16. The van der Waals surface area contributed by atoms with Crippen LogP contribution < -0.4 is 0 Å². The monoisotopic (exact) mass is 456 g/mol. The molecule has 1 aromatic carbocycles. The molecule has 1 saturated carbocycles. The average Bonchev–Trinajstić information content (AvgIpc) is 2.78. The van der Waals surface area contributed by atoms with Gasteiger partial charge >= 0.3 is 0 Å². The molecule has 1 aliphatic carbocycles. The van der Waals surface area contributed by atoms with Crippen molar-refractivity contribution in [2.75, 3.05) is 0 Å². The van der Waals surface area contributed by atoms with Crippen molar-refractivity contribution in [2.24, 2.45) is 0 Å². The molecule has 0 amide bonds. The average molecular weight is 456 g/mol. The highest BCUT2D eigenvalue weighted by atomic mass is 127. The molecule has 0 spiro atoms. The first-order valence-corrected chi connectivity index (χ1v) is 14.1. The van der Waals surface area contributed by atoms with Gasteiger partial charge in [0.15, 0.2) is 0 Å². The molecular weight excluding hydrogens is 423 g/mol. The second-order valence-electron chi connectivity index (χ2n) is 9.36. The zero-order valence-corrected chi connectivity index (χ0v) is 19.5. The van der Waals surface area contributed by atoms with E-state index in [1.165, 1.54) is 17.6 Å². The van der Waals surface area contributed by atoms with E-state index in [2.05, 4.69) is 107 Å². The van der Waals surface area contributed by atoms with E-state index in [4.69, 9.17) is 4.43 Å². The first-order chi connectivity index (χ1) is 10.9. The molecule has 1 atom stereocenters. The van der Waals surface area contributed by atoms with Crippen molar-refractivity contribution in [3.05, 3.63) is 41.5 Å². The lowest BCUT2D eigenvalue weighted by atomic mass is 9.97. The van der Waals surface area contributed by atoms with Crippen LogP contribution in [0.25, 0.3) is 6.08 Å². The lowest BCUT2D eigenvalue weighted by Crippen LogP contribution is -2.54. The lowest BCUT2D eigenvalue weighted by molar-refractivity contribution is 0.115. The molecule has 24 heavy (non-hydrogen) atoms. The van der Waals surface area contributed by atoms with E-state index in [1.807, 2.05) is 0 Å². The molecule has 2 rings (SSSR count). The van der Waals surface area contributed by atoms with Crippen molar-refractivity contribution in [3.63, 3.8) is 0 Å². The minimum Gasteiger partial charge on any atom is -0.397 e. The number of rotatable bonds is 3. The Bertz CT molecular complexity index is 581. The molecule has 0 saturated heterocycles. The van der Waals surface area contributed by atoms with E-state index in [1.54, 1.807) is 0 Å². The van der Waals surface area contributed by atoms with Crippen LogP contribution in [0.15, 0.2) is 35.9 Å². The quantitative estimate of drug-likeness (QED) is 0.260. The van der Waals surface area contributed by atoms with E-state index in [-0.39, 0.29) is 15.7 Å². The van der Waals surface area contributed by atoms with Gasteiger partial charge < -0.3 is 4.43 Å². The molecule has 1 unspecified atom stereocenters. The Kier molecular flexibility index (Phi) is 5.79. The Labute approximate surface area is 162 Å². The minimum atomic E-state index is -2.02. The number of hydrogen-bond donors (Lipinski definition) is 0. The summed E-state index contributed by atoms with van der Waals surface area (Å²) < 4.78 is 7.16. The van der Waals surface area contributed by atoms with Crippen LogP contribution in [0.3, 0.4) is 0 Å². The molecule has 0 heterocycles. The Morgan fingerprint density at radius 1 is 1.04 bits per heavy atom. The second-order valence-corrected chi connectivity index (χ2v) is 18.3. The molecular formula is C21H33IOSi. The van der Waals surface area contributed by atoms with Gasteiger partial charge in [0.25, 0.3) is 5.81 Å². The molecule has 0 N–H and O–H groups in total. The van der Waals surface area contributed by atoms with Crippen LogP contribution in [0.4, 0.5) is 0 Å². The molecule has 1 nitrogen and oxygen atoms in total. The third-order valence-electron chi connectivity index (χ3n) is 5.21. The van der Waals surface area contributed by atoms with Crippen molar-refractivity contribution in [2.45, 2.75) is 83.4 Å². The Morgan fingerprint density at radius 3 is 2.08 bits per heavy atom. The molecule has 0 aliphatic heterocycles. The van der Waals surface area contributed by atoms with Crippen molar-refractivity contribution in [1.82, 2.24) is 0 Å². The second kappa shape index (κ2) is 6.88. The fraction of sp³-hybridized carbons (Fsp3) is 0.619. The summed E-state index contributed by atoms with van der Waals surface area (Å²) in [7, 11) is 0. The summed E-state index contributed by atoms with van der Waals surface area (Å²) in [5, 5.41) is 0.379. The lowest BCUT2D eigenvalue weighted by Gasteiger charge is -2.50. The minimum absolute atomic E-state index is 0.121. The van der Waals surface area contributed by atoms with E-state index < -0.39 is 5.81 Å². The van der Waals surface area contributed by atoms with Crippen LogP contribution in [0.1, 0.15) is 73.3 Å². The normalized spacial score (nSPS) is 24.6. The van der Waals surface area contributed by atoms with Crippen LogP contribution in [0, 0.1) is 0 Å². The van der Waals surface area contributed by atoms with Crippen LogP contribution >= 0.6 is 21.8 Å². The Balaban J connectivity index is 2.40. The molecule has 0 radical (unpaired) electrons. The first kappa shape index (κ1) is 20.2. The summed E-state index contributed by atoms with van der Waals surface area (Å²) in [4.78, 5) is 0. The van der Waals surface area contributed by atoms with Gasteiger partial charge in [0.1, 0.15) is 0 Å². The summed E-state index contributed by atoms with van der Waals surface area (Å²) >= 11 is 2.72. The fourth-order valence-electron chi connectivity index (χ4n) is 3.87. The molecule has 1 aromatic rings. The first-order valence-electron chi connectivity index (χ1n) is 9.04. The van der Waals surface area contributed by atoms with E-state index in [0.29, 0.717) is 0 Å². The van der Waals surface area contributed by atoms with Gasteiger partial charge in [0.2, 0.25) is 0 Å². The number of halogens is 1. The van der Waals surface area contributed by atoms with Crippen molar-refractivity contribution < 1.29 is 4.43 Å². The van der Waals surface area contributed by atoms with Gasteiger partial charge in [0, 0.05) is 0 Å². The summed E-state index contributed by atoms with van der Waals surface area (Å²) in [6, 6.07) is 10.7. The van der Waals surface area contributed by atoms with Crippen LogP contribution in [-0.4, -0.2) is 11.4 Å². The maximum Gasteiger partial charge on any atom is 0.270 e. The third kappa shape index (κ3) is 3.99. The zero-order valence-electron chi connectivity index (χ0n) is 16.4. The third-order valence-corrected chi connectivity index (χ3v) is 20.2. The highest BCUT2D eigenvalue weighted by Gasteiger charge is 2.57. The van der Waals surface area contributed by atoms with E-state index in [0.717, 1.165) is 12.8 Å². The van der Waals surface area contributed by atoms with Gasteiger partial charge in [0.05, 0.1) is 5.60 Å². The summed E-state index contributed by atoms with van der Waals surface area (Å²) in [6.07, 6.45) is 5.88. The van der Waals surface area contributed by atoms with Gasteiger partial charge in [-0.2, -0.15) is 0 Å². The SMILES string of the molecule is CC1(O[Si](I)(C(C)(C)C)C(C)(C)C)CCC/C1=C\c1ccccc1. The van der Waals surface area contributed by atoms with Gasteiger partial charge in [-0.05, 0) is 47.4 Å². The summed E-state index contributed by atoms with van der Waals surface area (Å²) in [6.45, 7) is 16.5. The van der Waals surface area contributed by atoms with Gasteiger partial charge in [-0.1, -0.05) is 99.7 Å². The topological polar surface area (TPSA) is 9.23 Å². The van der Waals surface area contributed by atoms with Gasteiger partial charge in [-0.3, -0.25) is 0 Å². The Hall–Kier alpha value is -0.133.